The average Bonchev–Trinajstić information content (AvgIpc) is 3.20. The maximum absolute atomic E-state index is 6.49. The lowest BCUT2D eigenvalue weighted by molar-refractivity contribution is 0.564. The highest BCUT2D eigenvalue weighted by Gasteiger charge is 2.28. The number of benzene rings is 1. The fourth-order valence-electron chi connectivity index (χ4n) is 4.34. The predicted octanol–water partition coefficient (Wildman–Crippen LogP) is 5.40. The molecule has 0 unspecified atom stereocenters. The Hall–Kier alpha value is -2.63. The summed E-state index contributed by atoms with van der Waals surface area (Å²) >= 11 is 0. The molecule has 2 heterocycles. The van der Waals surface area contributed by atoms with Crippen molar-refractivity contribution >= 4 is 22.6 Å². The minimum atomic E-state index is -0.0365. The average molecular weight is 392 g/mol. The molecule has 2 fully saturated rings. The second-order valence-corrected chi connectivity index (χ2v) is 9.62. The number of anilines is 2. The van der Waals surface area contributed by atoms with Gasteiger partial charge in [0.2, 0.25) is 0 Å². The first-order valence-corrected chi connectivity index (χ1v) is 10.7. The normalized spacial score (nSPS) is 17.9. The standard InChI is InChI=1S/C23H29N5O/c1-23(2,3)17-11-14(13-8-9-13)10-16-18(24)12-19(26-20(16)17)21-27-28-22(29-21)25-15-6-4-5-7-15/h10-13,15H,4-9H2,1-3H3,(H2,24,26)(H,25,28). The molecule has 2 aliphatic rings. The van der Waals surface area contributed by atoms with E-state index in [9.17, 15) is 0 Å². The molecule has 6 nitrogen and oxygen atoms in total. The number of hydrogen-bond donors (Lipinski definition) is 2. The Balaban J connectivity index is 1.57. The molecule has 5 rings (SSSR count). The lowest BCUT2D eigenvalue weighted by atomic mass is 9.83. The lowest BCUT2D eigenvalue weighted by Crippen LogP contribution is -2.14. The number of nitrogens with one attached hydrogen (secondary N) is 1. The summed E-state index contributed by atoms with van der Waals surface area (Å²) in [6.45, 7) is 6.66. The second kappa shape index (κ2) is 6.71. The summed E-state index contributed by atoms with van der Waals surface area (Å²) < 4.78 is 5.88. The first-order valence-electron chi connectivity index (χ1n) is 10.7. The topological polar surface area (TPSA) is 89.9 Å². The highest BCUT2D eigenvalue weighted by Crippen LogP contribution is 2.44. The van der Waals surface area contributed by atoms with Crippen LogP contribution in [0.1, 0.15) is 76.3 Å². The van der Waals surface area contributed by atoms with Crippen LogP contribution in [0.2, 0.25) is 0 Å². The molecule has 0 saturated heterocycles. The molecule has 29 heavy (non-hydrogen) atoms. The van der Waals surface area contributed by atoms with Crippen molar-refractivity contribution in [2.24, 2.45) is 0 Å². The van der Waals surface area contributed by atoms with Crippen LogP contribution < -0.4 is 11.1 Å². The van der Waals surface area contributed by atoms with Gasteiger partial charge in [-0.25, -0.2) is 4.98 Å². The van der Waals surface area contributed by atoms with Crippen molar-refractivity contribution in [3.8, 4) is 11.6 Å². The Morgan fingerprint density at radius 2 is 1.79 bits per heavy atom. The van der Waals surface area contributed by atoms with Crippen LogP contribution in [0.5, 0.6) is 0 Å². The molecule has 3 N–H and O–H groups in total. The molecule has 3 aromatic rings. The molecule has 6 heteroatoms. The van der Waals surface area contributed by atoms with Crippen molar-refractivity contribution in [1.29, 1.82) is 0 Å². The SMILES string of the molecule is CC(C)(C)c1cc(C2CC2)cc2c(N)cc(-c3nnc(NC4CCCC4)o3)nc12. The van der Waals surface area contributed by atoms with Gasteiger partial charge in [0.25, 0.3) is 5.89 Å². The number of nitrogens with zero attached hydrogens (tertiary/aromatic N) is 3. The Labute approximate surface area is 171 Å². The van der Waals surface area contributed by atoms with Gasteiger partial charge >= 0.3 is 6.01 Å². The first-order chi connectivity index (χ1) is 13.9. The smallest absolute Gasteiger partial charge is 0.316 e. The summed E-state index contributed by atoms with van der Waals surface area (Å²) in [4.78, 5) is 4.93. The Morgan fingerprint density at radius 3 is 2.48 bits per heavy atom. The molecule has 0 atom stereocenters. The molecule has 0 spiro atoms. The van der Waals surface area contributed by atoms with Gasteiger partial charge in [0.1, 0.15) is 5.69 Å². The monoisotopic (exact) mass is 391 g/mol. The quantitative estimate of drug-likeness (QED) is 0.619. The Bertz CT molecular complexity index is 1060. The van der Waals surface area contributed by atoms with Crippen LogP contribution in [0, 0.1) is 0 Å². The molecular formula is C23H29N5O. The van der Waals surface area contributed by atoms with E-state index in [0.717, 1.165) is 23.7 Å². The zero-order chi connectivity index (χ0) is 20.2. The maximum Gasteiger partial charge on any atom is 0.316 e. The van der Waals surface area contributed by atoms with Crippen LogP contribution in [0.4, 0.5) is 11.7 Å². The highest BCUT2D eigenvalue weighted by atomic mass is 16.4. The van der Waals surface area contributed by atoms with Gasteiger partial charge in [-0.1, -0.05) is 44.8 Å². The van der Waals surface area contributed by atoms with E-state index >= 15 is 0 Å². The van der Waals surface area contributed by atoms with Gasteiger partial charge < -0.3 is 15.5 Å². The minimum Gasteiger partial charge on any atom is -0.402 e. The van der Waals surface area contributed by atoms with Crippen molar-refractivity contribution < 1.29 is 4.42 Å². The van der Waals surface area contributed by atoms with Gasteiger partial charge in [0, 0.05) is 17.1 Å². The van der Waals surface area contributed by atoms with Crippen LogP contribution in [-0.2, 0) is 5.41 Å². The van der Waals surface area contributed by atoms with E-state index in [0.29, 0.717) is 35.2 Å². The number of nitrogens with two attached hydrogens (primary N) is 1. The zero-order valence-electron chi connectivity index (χ0n) is 17.5. The third-order valence-electron chi connectivity index (χ3n) is 6.15. The molecule has 1 aromatic carbocycles. The summed E-state index contributed by atoms with van der Waals surface area (Å²) in [6.07, 6.45) is 7.33. The third kappa shape index (κ3) is 3.56. The van der Waals surface area contributed by atoms with Crippen molar-refractivity contribution in [1.82, 2.24) is 15.2 Å². The number of hydrogen-bond acceptors (Lipinski definition) is 6. The van der Waals surface area contributed by atoms with E-state index in [-0.39, 0.29) is 5.41 Å². The molecule has 2 aliphatic carbocycles. The Morgan fingerprint density at radius 1 is 1.03 bits per heavy atom. The van der Waals surface area contributed by atoms with Gasteiger partial charge in [0.05, 0.1) is 5.52 Å². The number of pyridine rings is 1. The van der Waals surface area contributed by atoms with Gasteiger partial charge in [-0.3, -0.25) is 0 Å². The van der Waals surface area contributed by atoms with Gasteiger partial charge in [0.15, 0.2) is 0 Å². The number of rotatable bonds is 4. The second-order valence-electron chi connectivity index (χ2n) is 9.62. The lowest BCUT2D eigenvalue weighted by Gasteiger charge is -2.23. The molecule has 152 valence electrons. The maximum atomic E-state index is 6.49. The van der Waals surface area contributed by atoms with E-state index in [1.54, 1.807) is 0 Å². The summed E-state index contributed by atoms with van der Waals surface area (Å²) in [7, 11) is 0. The number of nitrogen functional groups attached to an aromatic ring is 1. The summed E-state index contributed by atoms with van der Waals surface area (Å²) in [5, 5.41) is 12.8. The summed E-state index contributed by atoms with van der Waals surface area (Å²) in [6, 6.07) is 7.28. The van der Waals surface area contributed by atoms with Crippen molar-refractivity contribution in [3.05, 3.63) is 29.3 Å². The fourth-order valence-corrected chi connectivity index (χ4v) is 4.34. The molecule has 0 radical (unpaired) electrons. The van der Waals surface area contributed by atoms with Crippen LogP contribution in [0.25, 0.3) is 22.5 Å². The fraction of sp³-hybridized carbons (Fsp3) is 0.522. The van der Waals surface area contributed by atoms with Crippen molar-refractivity contribution in [3.63, 3.8) is 0 Å². The first kappa shape index (κ1) is 18.4. The van der Waals surface area contributed by atoms with Crippen LogP contribution in [0.3, 0.4) is 0 Å². The van der Waals surface area contributed by atoms with Crippen LogP contribution in [0.15, 0.2) is 22.6 Å². The molecule has 0 bridgehead atoms. The van der Waals surface area contributed by atoms with Crippen molar-refractivity contribution in [2.45, 2.75) is 76.7 Å². The van der Waals surface area contributed by atoms with Gasteiger partial charge in [-0.15, -0.1) is 5.10 Å². The minimum absolute atomic E-state index is 0.0365. The molecule has 2 aromatic heterocycles. The predicted molar refractivity (Wildman–Crippen MR) is 116 cm³/mol. The van der Waals surface area contributed by atoms with E-state index in [4.69, 9.17) is 15.1 Å². The number of fused-ring (bicyclic) bond motifs is 1. The largest absolute Gasteiger partial charge is 0.402 e. The molecular weight excluding hydrogens is 362 g/mol. The van der Waals surface area contributed by atoms with E-state index in [1.807, 2.05) is 6.07 Å². The highest BCUT2D eigenvalue weighted by molar-refractivity contribution is 5.95. The molecule has 0 aliphatic heterocycles. The van der Waals surface area contributed by atoms with Crippen molar-refractivity contribution in [2.75, 3.05) is 11.1 Å². The zero-order valence-corrected chi connectivity index (χ0v) is 17.5. The van der Waals surface area contributed by atoms with Gasteiger partial charge in [-0.05, 0) is 60.3 Å². The van der Waals surface area contributed by atoms with E-state index in [1.165, 1.54) is 36.8 Å². The number of aromatic nitrogens is 3. The third-order valence-corrected chi connectivity index (χ3v) is 6.15. The van der Waals surface area contributed by atoms with Gasteiger partial charge in [-0.2, -0.15) is 0 Å². The van der Waals surface area contributed by atoms with E-state index < -0.39 is 0 Å². The Kier molecular flexibility index (Phi) is 4.26. The summed E-state index contributed by atoms with van der Waals surface area (Å²) in [5.41, 5.74) is 11.3. The van der Waals surface area contributed by atoms with Crippen LogP contribution >= 0.6 is 0 Å². The van der Waals surface area contributed by atoms with E-state index in [2.05, 4.69) is 48.4 Å². The van der Waals surface area contributed by atoms with Crippen LogP contribution in [-0.4, -0.2) is 21.2 Å². The molecule has 0 amide bonds. The summed E-state index contributed by atoms with van der Waals surface area (Å²) in [5.74, 6) is 1.07. The molecule has 2 saturated carbocycles.